The first-order valence-corrected chi connectivity index (χ1v) is 6.63. The third-order valence-corrected chi connectivity index (χ3v) is 3.19. The van der Waals surface area contributed by atoms with E-state index in [-0.39, 0.29) is 11.7 Å². The Kier molecular flexibility index (Phi) is 4.42. The van der Waals surface area contributed by atoms with E-state index in [1.807, 2.05) is 43.3 Å². The van der Waals surface area contributed by atoms with Crippen molar-refractivity contribution in [3.63, 3.8) is 0 Å². The molecule has 21 heavy (non-hydrogen) atoms. The van der Waals surface area contributed by atoms with Crippen LogP contribution in [-0.2, 0) is 6.54 Å². The van der Waals surface area contributed by atoms with Crippen LogP contribution in [0.4, 0.5) is 5.69 Å². The summed E-state index contributed by atoms with van der Waals surface area (Å²) in [6, 6.07) is 9.45. The highest BCUT2D eigenvalue weighted by molar-refractivity contribution is 5.94. The second-order valence-electron chi connectivity index (χ2n) is 5.15. The number of amides is 1. The molecule has 0 unspecified atom stereocenters. The van der Waals surface area contributed by atoms with Gasteiger partial charge in [0.05, 0.1) is 11.8 Å². The average molecular weight is 285 g/mol. The van der Waals surface area contributed by atoms with E-state index < -0.39 is 0 Å². The van der Waals surface area contributed by atoms with Gasteiger partial charge in [0.15, 0.2) is 0 Å². The Balaban J connectivity index is 2.07. The Bertz CT molecular complexity index is 624. The van der Waals surface area contributed by atoms with Crippen LogP contribution >= 0.6 is 0 Å². The van der Waals surface area contributed by atoms with Crippen molar-refractivity contribution in [1.29, 1.82) is 0 Å². The maximum atomic E-state index is 12.2. The first-order chi connectivity index (χ1) is 9.97. The van der Waals surface area contributed by atoms with E-state index in [1.165, 1.54) is 18.5 Å². The van der Waals surface area contributed by atoms with Crippen molar-refractivity contribution in [2.75, 3.05) is 26.0 Å². The molecule has 0 saturated carbocycles. The maximum absolute atomic E-state index is 12.2. The van der Waals surface area contributed by atoms with Crippen LogP contribution in [0, 0.1) is 0 Å². The highest BCUT2D eigenvalue weighted by Crippen LogP contribution is 2.15. The van der Waals surface area contributed by atoms with E-state index in [9.17, 15) is 9.90 Å². The number of pyridine rings is 1. The second-order valence-corrected chi connectivity index (χ2v) is 5.15. The van der Waals surface area contributed by atoms with Crippen molar-refractivity contribution in [2.45, 2.75) is 6.54 Å². The molecule has 0 fully saturated rings. The number of aromatic nitrogens is 1. The lowest BCUT2D eigenvalue weighted by molar-refractivity contribution is 0.0784. The van der Waals surface area contributed by atoms with Crippen LogP contribution in [0.3, 0.4) is 0 Å². The Labute approximate surface area is 124 Å². The summed E-state index contributed by atoms with van der Waals surface area (Å²) in [4.78, 5) is 19.7. The SMILES string of the molecule is CN(Cc1ccc(N(C)C)cc1)C(=O)c1cncc(O)c1. The molecule has 0 saturated heterocycles. The molecule has 1 heterocycles. The van der Waals surface area contributed by atoms with E-state index in [0.29, 0.717) is 12.1 Å². The molecule has 1 aromatic heterocycles. The van der Waals surface area contributed by atoms with Gasteiger partial charge in [-0.15, -0.1) is 0 Å². The van der Waals surface area contributed by atoms with Gasteiger partial charge in [0.25, 0.3) is 5.91 Å². The Hall–Kier alpha value is -2.56. The lowest BCUT2D eigenvalue weighted by atomic mass is 10.1. The quantitative estimate of drug-likeness (QED) is 0.935. The fourth-order valence-corrected chi connectivity index (χ4v) is 2.01. The summed E-state index contributed by atoms with van der Waals surface area (Å²) < 4.78 is 0. The summed E-state index contributed by atoms with van der Waals surface area (Å²) >= 11 is 0. The van der Waals surface area contributed by atoms with Gasteiger partial charge in [-0.2, -0.15) is 0 Å². The number of benzene rings is 1. The molecule has 5 nitrogen and oxygen atoms in total. The summed E-state index contributed by atoms with van der Waals surface area (Å²) in [6.07, 6.45) is 2.75. The van der Waals surface area contributed by atoms with Crippen molar-refractivity contribution in [3.8, 4) is 5.75 Å². The number of nitrogens with zero attached hydrogens (tertiary/aromatic N) is 3. The van der Waals surface area contributed by atoms with E-state index in [4.69, 9.17) is 0 Å². The Morgan fingerprint density at radius 1 is 1.14 bits per heavy atom. The highest BCUT2D eigenvalue weighted by atomic mass is 16.3. The number of hydrogen-bond donors (Lipinski definition) is 1. The fraction of sp³-hybridized carbons (Fsp3) is 0.250. The van der Waals surface area contributed by atoms with Crippen LogP contribution in [-0.4, -0.2) is 42.0 Å². The number of rotatable bonds is 4. The van der Waals surface area contributed by atoms with E-state index in [2.05, 4.69) is 4.98 Å². The van der Waals surface area contributed by atoms with Crippen LogP contribution < -0.4 is 4.90 Å². The molecule has 1 N–H and O–H groups in total. The van der Waals surface area contributed by atoms with Crippen molar-refractivity contribution in [3.05, 3.63) is 53.9 Å². The van der Waals surface area contributed by atoms with Crippen LogP contribution in [0.2, 0.25) is 0 Å². The molecule has 0 aliphatic heterocycles. The van der Waals surface area contributed by atoms with Gasteiger partial charge < -0.3 is 14.9 Å². The number of hydrogen-bond acceptors (Lipinski definition) is 4. The zero-order valence-electron chi connectivity index (χ0n) is 12.4. The molecule has 0 aliphatic rings. The second kappa shape index (κ2) is 6.26. The molecule has 0 radical (unpaired) electrons. The summed E-state index contributed by atoms with van der Waals surface area (Å²) in [6.45, 7) is 0.502. The minimum Gasteiger partial charge on any atom is -0.506 e. The lowest BCUT2D eigenvalue weighted by Crippen LogP contribution is -2.26. The number of carbonyl (C=O) groups excluding carboxylic acids is 1. The van der Waals surface area contributed by atoms with Crippen LogP contribution in [0.25, 0.3) is 0 Å². The third-order valence-electron chi connectivity index (χ3n) is 3.19. The summed E-state index contributed by atoms with van der Waals surface area (Å²) in [7, 11) is 5.70. The van der Waals surface area contributed by atoms with Gasteiger partial charge in [-0.25, -0.2) is 0 Å². The van der Waals surface area contributed by atoms with Crippen molar-refractivity contribution >= 4 is 11.6 Å². The average Bonchev–Trinajstić information content (AvgIpc) is 2.47. The standard InChI is InChI=1S/C16H19N3O2/c1-18(2)14-6-4-12(5-7-14)11-19(3)16(21)13-8-15(20)10-17-9-13/h4-10,20H,11H2,1-3H3. The predicted molar refractivity (Wildman–Crippen MR) is 82.5 cm³/mol. The summed E-state index contributed by atoms with van der Waals surface area (Å²) in [5.41, 5.74) is 2.54. The fourth-order valence-electron chi connectivity index (χ4n) is 2.01. The van der Waals surface area contributed by atoms with Gasteiger partial charge in [-0.1, -0.05) is 12.1 Å². The van der Waals surface area contributed by atoms with Gasteiger partial charge in [0.1, 0.15) is 5.75 Å². The van der Waals surface area contributed by atoms with Gasteiger partial charge in [0, 0.05) is 39.6 Å². The maximum Gasteiger partial charge on any atom is 0.255 e. The van der Waals surface area contributed by atoms with Crippen LogP contribution in [0.5, 0.6) is 5.75 Å². The van der Waals surface area contributed by atoms with Crippen molar-refractivity contribution < 1.29 is 9.90 Å². The topological polar surface area (TPSA) is 56.7 Å². The smallest absolute Gasteiger partial charge is 0.255 e. The monoisotopic (exact) mass is 285 g/mol. The minimum absolute atomic E-state index is 0.00964. The Morgan fingerprint density at radius 3 is 2.38 bits per heavy atom. The molecule has 1 amide bonds. The van der Waals surface area contributed by atoms with E-state index >= 15 is 0 Å². The molecular formula is C16H19N3O2. The highest BCUT2D eigenvalue weighted by Gasteiger charge is 2.13. The zero-order chi connectivity index (χ0) is 15.4. The zero-order valence-corrected chi connectivity index (χ0v) is 12.4. The van der Waals surface area contributed by atoms with Gasteiger partial charge >= 0.3 is 0 Å². The molecule has 2 rings (SSSR count). The molecule has 0 bridgehead atoms. The van der Waals surface area contributed by atoms with Gasteiger partial charge in [0.2, 0.25) is 0 Å². The van der Waals surface area contributed by atoms with Gasteiger partial charge in [-0.3, -0.25) is 9.78 Å². The normalized spacial score (nSPS) is 10.2. The van der Waals surface area contributed by atoms with E-state index in [1.54, 1.807) is 11.9 Å². The Morgan fingerprint density at radius 2 is 1.81 bits per heavy atom. The molecule has 2 aromatic rings. The lowest BCUT2D eigenvalue weighted by Gasteiger charge is -2.18. The number of aromatic hydroxyl groups is 1. The van der Waals surface area contributed by atoms with Crippen LogP contribution in [0.15, 0.2) is 42.7 Å². The predicted octanol–water partition coefficient (Wildman–Crippen LogP) is 2.13. The molecule has 0 aliphatic carbocycles. The van der Waals surface area contributed by atoms with E-state index in [0.717, 1.165) is 11.3 Å². The number of carbonyl (C=O) groups is 1. The molecule has 0 spiro atoms. The summed E-state index contributed by atoms with van der Waals surface area (Å²) in [5, 5.41) is 9.38. The molecule has 1 aromatic carbocycles. The first kappa shape index (κ1) is 14.8. The first-order valence-electron chi connectivity index (χ1n) is 6.63. The number of anilines is 1. The minimum atomic E-state index is -0.171. The van der Waals surface area contributed by atoms with Crippen LogP contribution in [0.1, 0.15) is 15.9 Å². The molecular weight excluding hydrogens is 266 g/mol. The molecule has 110 valence electrons. The largest absolute Gasteiger partial charge is 0.506 e. The molecule has 0 atom stereocenters. The summed E-state index contributed by atoms with van der Waals surface area (Å²) in [5.74, 6) is -0.181. The third kappa shape index (κ3) is 3.72. The van der Waals surface area contributed by atoms with Crippen molar-refractivity contribution in [2.24, 2.45) is 0 Å². The molecule has 5 heteroatoms. The van der Waals surface area contributed by atoms with Crippen molar-refractivity contribution in [1.82, 2.24) is 9.88 Å². The van der Waals surface area contributed by atoms with Gasteiger partial charge in [-0.05, 0) is 23.8 Å².